The van der Waals surface area contributed by atoms with E-state index in [1.54, 1.807) is 0 Å². The highest BCUT2D eigenvalue weighted by atomic mass is 14.5. The number of allylic oxidation sites excluding steroid dienone is 2. The van der Waals surface area contributed by atoms with Crippen molar-refractivity contribution >= 4 is 0 Å². The first-order valence-corrected chi connectivity index (χ1v) is 10.3. The largest absolute Gasteiger partial charge is 0.330 e. The van der Waals surface area contributed by atoms with Crippen LogP contribution in [0.4, 0.5) is 0 Å². The minimum absolute atomic E-state index is 0.860. The molecule has 0 aliphatic rings. The van der Waals surface area contributed by atoms with Crippen molar-refractivity contribution in [3.8, 4) is 0 Å². The molecule has 132 valence electrons. The zero-order valence-electron chi connectivity index (χ0n) is 15.5. The fraction of sp³-hybridized carbons (Fsp3) is 0.905. The lowest BCUT2D eigenvalue weighted by atomic mass is 10.1. The Morgan fingerprint density at radius 2 is 0.864 bits per heavy atom. The Labute approximate surface area is 141 Å². The summed E-state index contributed by atoms with van der Waals surface area (Å²) in [6.07, 6.45) is 28.4. The fourth-order valence-electron chi connectivity index (χ4n) is 2.92. The smallest absolute Gasteiger partial charge is 0.00773 e. The van der Waals surface area contributed by atoms with Crippen LogP contribution < -0.4 is 5.73 Å². The van der Waals surface area contributed by atoms with Crippen LogP contribution in [0.3, 0.4) is 0 Å². The summed E-state index contributed by atoms with van der Waals surface area (Å²) in [4.78, 5) is 0. The van der Waals surface area contributed by atoms with Gasteiger partial charge in [-0.25, -0.2) is 0 Å². The molecule has 0 saturated heterocycles. The van der Waals surface area contributed by atoms with Crippen LogP contribution in [0, 0.1) is 0 Å². The Morgan fingerprint density at radius 1 is 0.500 bits per heavy atom. The molecule has 0 aliphatic carbocycles. The van der Waals surface area contributed by atoms with E-state index >= 15 is 0 Å². The van der Waals surface area contributed by atoms with Gasteiger partial charge in [0.15, 0.2) is 0 Å². The summed E-state index contributed by atoms with van der Waals surface area (Å²) in [7, 11) is 0. The molecule has 0 spiro atoms. The molecule has 1 nitrogen and oxygen atoms in total. The second-order valence-electron chi connectivity index (χ2n) is 6.79. The number of hydrogen-bond donors (Lipinski definition) is 1. The predicted molar refractivity (Wildman–Crippen MR) is 102 cm³/mol. The van der Waals surface area contributed by atoms with Crippen LogP contribution in [0.1, 0.15) is 116 Å². The van der Waals surface area contributed by atoms with Gasteiger partial charge in [-0.1, -0.05) is 96.1 Å². The van der Waals surface area contributed by atoms with Gasteiger partial charge in [-0.2, -0.15) is 0 Å². The third-order valence-corrected chi connectivity index (χ3v) is 4.47. The average Bonchev–Trinajstić information content (AvgIpc) is 2.54. The summed E-state index contributed by atoms with van der Waals surface area (Å²) in [6, 6.07) is 0. The van der Waals surface area contributed by atoms with Crippen molar-refractivity contribution in [1.29, 1.82) is 0 Å². The minimum atomic E-state index is 0.860. The Bertz CT molecular complexity index is 210. The van der Waals surface area contributed by atoms with E-state index in [4.69, 9.17) is 5.73 Å². The molecule has 2 N–H and O–H groups in total. The van der Waals surface area contributed by atoms with Gasteiger partial charge in [0.25, 0.3) is 0 Å². The van der Waals surface area contributed by atoms with Gasteiger partial charge in [0.2, 0.25) is 0 Å². The SMILES string of the molecule is CCCCCCCCCCCC/C=C\CCCCCCCN. The molecule has 0 amide bonds. The van der Waals surface area contributed by atoms with E-state index in [0.29, 0.717) is 0 Å². The van der Waals surface area contributed by atoms with Crippen molar-refractivity contribution in [2.45, 2.75) is 116 Å². The van der Waals surface area contributed by atoms with Crippen molar-refractivity contribution in [3.05, 3.63) is 12.2 Å². The van der Waals surface area contributed by atoms with Crippen molar-refractivity contribution in [1.82, 2.24) is 0 Å². The topological polar surface area (TPSA) is 26.0 Å². The highest BCUT2D eigenvalue weighted by molar-refractivity contribution is 4.81. The first kappa shape index (κ1) is 21.7. The van der Waals surface area contributed by atoms with Crippen LogP contribution >= 0.6 is 0 Å². The number of unbranched alkanes of at least 4 members (excludes halogenated alkanes) is 15. The second-order valence-corrected chi connectivity index (χ2v) is 6.79. The Morgan fingerprint density at radius 3 is 1.27 bits per heavy atom. The van der Waals surface area contributed by atoms with E-state index in [1.165, 1.54) is 109 Å². The lowest BCUT2D eigenvalue weighted by Gasteiger charge is -2.01. The summed E-state index contributed by atoms with van der Waals surface area (Å²) >= 11 is 0. The standard InChI is InChI=1S/C21H43N/c1-2-3-4-5-6-7-8-9-10-11-12-13-14-15-16-17-18-19-20-21-22/h13-14H,2-12,15-22H2,1H3/b14-13-. The van der Waals surface area contributed by atoms with Crippen molar-refractivity contribution in [3.63, 3.8) is 0 Å². The minimum Gasteiger partial charge on any atom is -0.330 e. The van der Waals surface area contributed by atoms with E-state index < -0.39 is 0 Å². The number of nitrogens with two attached hydrogens (primary N) is 1. The zero-order chi connectivity index (χ0) is 16.1. The third kappa shape index (κ3) is 19.7. The van der Waals surface area contributed by atoms with Crippen LogP contribution in [-0.2, 0) is 0 Å². The predicted octanol–water partition coefficient (Wildman–Crippen LogP) is 7.15. The molecule has 0 radical (unpaired) electrons. The van der Waals surface area contributed by atoms with Crippen LogP contribution in [0.15, 0.2) is 12.2 Å². The maximum absolute atomic E-state index is 5.49. The van der Waals surface area contributed by atoms with Crippen molar-refractivity contribution in [2.75, 3.05) is 6.54 Å². The van der Waals surface area contributed by atoms with Gasteiger partial charge >= 0.3 is 0 Å². The van der Waals surface area contributed by atoms with Crippen LogP contribution in [-0.4, -0.2) is 6.54 Å². The summed E-state index contributed by atoms with van der Waals surface area (Å²) in [5.41, 5.74) is 5.49. The molecule has 22 heavy (non-hydrogen) atoms. The third-order valence-electron chi connectivity index (χ3n) is 4.47. The summed E-state index contributed by atoms with van der Waals surface area (Å²) in [5, 5.41) is 0. The first-order chi connectivity index (χ1) is 10.9. The van der Waals surface area contributed by atoms with E-state index in [-0.39, 0.29) is 0 Å². The second kappa shape index (κ2) is 20.7. The molecule has 0 aromatic rings. The zero-order valence-corrected chi connectivity index (χ0v) is 15.5. The molecule has 0 saturated carbocycles. The highest BCUT2D eigenvalue weighted by Gasteiger charge is 1.92. The van der Waals surface area contributed by atoms with Crippen molar-refractivity contribution in [2.24, 2.45) is 5.73 Å². The maximum Gasteiger partial charge on any atom is -0.00773 e. The van der Waals surface area contributed by atoms with Crippen LogP contribution in [0.2, 0.25) is 0 Å². The molecule has 0 aliphatic heterocycles. The van der Waals surface area contributed by atoms with E-state index in [0.717, 1.165) is 6.54 Å². The number of rotatable bonds is 18. The molecule has 0 rings (SSSR count). The molecule has 0 aromatic carbocycles. The van der Waals surface area contributed by atoms with Gasteiger partial charge in [-0.15, -0.1) is 0 Å². The van der Waals surface area contributed by atoms with Gasteiger partial charge < -0.3 is 5.73 Å². The van der Waals surface area contributed by atoms with Crippen molar-refractivity contribution < 1.29 is 0 Å². The fourth-order valence-corrected chi connectivity index (χ4v) is 2.92. The summed E-state index contributed by atoms with van der Waals surface area (Å²) in [5.74, 6) is 0. The normalized spacial score (nSPS) is 11.5. The molecule has 1 heteroatoms. The number of hydrogen-bond acceptors (Lipinski definition) is 1. The van der Waals surface area contributed by atoms with Gasteiger partial charge in [0, 0.05) is 0 Å². The molecule has 0 atom stereocenters. The monoisotopic (exact) mass is 309 g/mol. The van der Waals surface area contributed by atoms with E-state index in [1.807, 2.05) is 0 Å². The van der Waals surface area contributed by atoms with E-state index in [2.05, 4.69) is 19.1 Å². The van der Waals surface area contributed by atoms with E-state index in [9.17, 15) is 0 Å². The van der Waals surface area contributed by atoms with Crippen LogP contribution in [0.25, 0.3) is 0 Å². The molecular formula is C21H43N. The summed E-state index contributed by atoms with van der Waals surface area (Å²) < 4.78 is 0. The van der Waals surface area contributed by atoms with Gasteiger partial charge in [0.1, 0.15) is 0 Å². The Balaban J connectivity index is 3.02. The molecular weight excluding hydrogens is 266 g/mol. The molecule has 0 bridgehead atoms. The first-order valence-electron chi connectivity index (χ1n) is 10.3. The Hall–Kier alpha value is -0.300. The lowest BCUT2D eigenvalue weighted by molar-refractivity contribution is 0.557. The quantitative estimate of drug-likeness (QED) is 0.211. The lowest BCUT2D eigenvalue weighted by Crippen LogP contribution is -1.97. The highest BCUT2D eigenvalue weighted by Crippen LogP contribution is 2.11. The molecule has 0 fully saturated rings. The molecule has 0 unspecified atom stereocenters. The average molecular weight is 310 g/mol. The van der Waals surface area contributed by atoms with Gasteiger partial charge in [0.05, 0.1) is 0 Å². The van der Waals surface area contributed by atoms with Gasteiger partial charge in [-0.05, 0) is 38.6 Å². The molecule has 0 aromatic heterocycles. The maximum atomic E-state index is 5.49. The van der Waals surface area contributed by atoms with Gasteiger partial charge in [-0.3, -0.25) is 0 Å². The Kier molecular flexibility index (Phi) is 20.4. The molecule has 0 heterocycles. The summed E-state index contributed by atoms with van der Waals surface area (Å²) in [6.45, 7) is 3.15. The van der Waals surface area contributed by atoms with Crippen LogP contribution in [0.5, 0.6) is 0 Å².